The highest BCUT2D eigenvalue weighted by molar-refractivity contribution is 7.13. The molecule has 3 atom stereocenters. The van der Waals surface area contributed by atoms with Crippen molar-refractivity contribution < 1.29 is 13.9 Å². The number of carbonyl (C=O) groups excluding carboxylic acids is 1. The molecule has 1 aromatic carbocycles. The maximum Gasteiger partial charge on any atom is 0.226 e. The summed E-state index contributed by atoms with van der Waals surface area (Å²) in [6.07, 6.45) is 0.776. The van der Waals surface area contributed by atoms with Gasteiger partial charge in [-0.3, -0.25) is 9.69 Å². The van der Waals surface area contributed by atoms with Crippen molar-refractivity contribution in [3.8, 4) is 0 Å². The highest BCUT2D eigenvalue weighted by atomic mass is 32.1. The Hall–Kier alpha value is -1.83. The molecule has 146 valence electrons. The van der Waals surface area contributed by atoms with Crippen LogP contribution in [0.1, 0.15) is 44.4 Å². The van der Waals surface area contributed by atoms with Gasteiger partial charge in [-0.15, -0.1) is 11.3 Å². The standard InChI is InChI=1S/C20H26FN3O2S/c1-13(16-4-6-17(21)7-5-16)8-19(25)23-20-22-18(12-27-20)11-24-9-14(2)26-15(3)10-24/h4-7,12-15H,8-11H2,1-3H3,(H,22,23,25). The number of anilines is 1. The summed E-state index contributed by atoms with van der Waals surface area (Å²) in [6.45, 7) is 8.66. The van der Waals surface area contributed by atoms with Crippen molar-refractivity contribution in [1.82, 2.24) is 9.88 Å². The van der Waals surface area contributed by atoms with Crippen LogP contribution in [-0.2, 0) is 16.1 Å². The molecule has 1 aliphatic heterocycles. The number of halogens is 1. The molecule has 2 aromatic rings. The molecular weight excluding hydrogens is 365 g/mol. The van der Waals surface area contributed by atoms with E-state index in [-0.39, 0.29) is 29.9 Å². The van der Waals surface area contributed by atoms with Gasteiger partial charge in [0.1, 0.15) is 5.82 Å². The number of ether oxygens (including phenoxy) is 1. The first-order valence-corrected chi connectivity index (χ1v) is 10.1. The Morgan fingerprint density at radius 1 is 1.33 bits per heavy atom. The van der Waals surface area contributed by atoms with E-state index in [4.69, 9.17) is 4.74 Å². The van der Waals surface area contributed by atoms with Crippen LogP contribution in [0.5, 0.6) is 0 Å². The van der Waals surface area contributed by atoms with Crippen molar-refractivity contribution in [2.24, 2.45) is 0 Å². The molecule has 0 radical (unpaired) electrons. The van der Waals surface area contributed by atoms with Gasteiger partial charge in [0.25, 0.3) is 0 Å². The Morgan fingerprint density at radius 3 is 2.67 bits per heavy atom. The van der Waals surface area contributed by atoms with E-state index < -0.39 is 0 Å². The van der Waals surface area contributed by atoms with Gasteiger partial charge in [-0.1, -0.05) is 19.1 Å². The molecule has 0 spiro atoms. The van der Waals surface area contributed by atoms with E-state index >= 15 is 0 Å². The summed E-state index contributed by atoms with van der Waals surface area (Å²) >= 11 is 1.44. The number of amides is 1. The number of morpholine rings is 1. The molecule has 7 heteroatoms. The molecule has 1 saturated heterocycles. The maximum atomic E-state index is 13.0. The lowest BCUT2D eigenvalue weighted by molar-refractivity contribution is -0.116. The largest absolute Gasteiger partial charge is 0.373 e. The first kappa shape index (κ1) is 19.9. The second-order valence-electron chi connectivity index (χ2n) is 7.30. The van der Waals surface area contributed by atoms with Crippen LogP contribution in [0.25, 0.3) is 0 Å². The Labute approximate surface area is 163 Å². The molecule has 0 aliphatic carbocycles. The Morgan fingerprint density at radius 2 is 2.00 bits per heavy atom. The van der Waals surface area contributed by atoms with Gasteiger partial charge in [0.2, 0.25) is 5.91 Å². The van der Waals surface area contributed by atoms with Gasteiger partial charge in [0, 0.05) is 31.4 Å². The smallest absolute Gasteiger partial charge is 0.226 e. The number of rotatable bonds is 6. The van der Waals surface area contributed by atoms with Crippen molar-refractivity contribution in [3.63, 3.8) is 0 Å². The Balaban J connectivity index is 1.51. The zero-order valence-electron chi connectivity index (χ0n) is 15.9. The fourth-order valence-electron chi connectivity index (χ4n) is 3.44. The molecule has 3 unspecified atom stereocenters. The topological polar surface area (TPSA) is 54.5 Å². The zero-order valence-corrected chi connectivity index (χ0v) is 16.8. The summed E-state index contributed by atoms with van der Waals surface area (Å²) in [5, 5.41) is 5.49. The van der Waals surface area contributed by atoms with E-state index in [1.807, 2.05) is 12.3 Å². The summed E-state index contributed by atoms with van der Waals surface area (Å²) < 4.78 is 18.8. The van der Waals surface area contributed by atoms with Crippen molar-refractivity contribution in [2.75, 3.05) is 18.4 Å². The molecule has 1 N–H and O–H groups in total. The van der Waals surface area contributed by atoms with E-state index in [1.54, 1.807) is 12.1 Å². The van der Waals surface area contributed by atoms with Crippen LogP contribution in [-0.4, -0.2) is 41.1 Å². The summed E-state index contributed by atoms with van der Waals surface area (Å²) in [4.78, 5) is 19.2. The number of carbonyl (C=O) groups is 1. The lowest BCUT2D eigenvalue weighted by atomic mass is 9.97. The predicted octanol–water partition coefficient (Wildman–Crippen LogP) is 4.02. The molecule has 0 bridgehead atoms. The van der Waals surface area contributed by atoms with Crippen LogP contribution in [0.15, 0.2) is 29.6 Å². The van der Waals surface area contributed by atoms with Crippen LogP contribution in [0.2, 0.25) is 0 Å². The third kappa shape index (κ3) is 5.82. The molecular formula is C20H26FN3O2S. The first-order valence-electron chi connectivity index (χ1n) is 9.26. The second-order valence-corrected chi connectivity index (χ2v) is 8.16. The Kier molecular flexibility index (Phi) is 6.57. The van der Waals surface area contributed by atoms with E-state index in [9.17, 15) is 9.18 Å². The van der Waals surface area contributed by atoms with Crippen LogP contribution in [0, 0.1) is 5.82 Å². The number of aromatic nitrogens is 1. The maximum absolute atomic E-state index is 13.0. The average molecular weight is 392 g/mol. The predicted molar refractivity (Wildman–Crippen MR) is 105 cm³/mol. The highest BCUT2D eigenvalue weighted by Crippen LogP contribution is 2.22. The second kappa shape index (κ2) is 8.91. The van der Waals surface area contributed by atoms with Gasteiger partial charge >= 0.3 is 0 Å². The van der Waals surface area contributed by atoms with Crippen molar-refractivity contribution in [2.45, 2.75) is 51.9 Å². The SMILES string of the molecule is CC1CN(Cc2csc(NC(=O)CC(C)c3ccc(F)cc3)n2)CC(C)O1. The average Bonchev–Trinajstić information content (AvgIpc) is 3.01. The van der Waals surface area contributed by atoms with Crippen molar-refractivity contribution in [3.05, 3.63) is 46.7 Å². The molecule has 3 rings (SSSR count). The third-order valence-electron chi connectivity index (χ3n) is 4.61. The van der Waals surface area contributed by atoms with Crippen LogP contribution in [0.3, 0.4) is 0 Å². The minimum Gasteiger partial charge on any atom is -0.373 e. The van der Waals surface area contributed by atoms with E-state index in [2.05, 4.69) is 29.0 Å². The van der Waals surface area contributed by atoms with Crippen molar-refractivity contribution in [1.29, 1.82) is 0 Å². The monoisotopic (exact) mass is 391 g/mol. The van der Waals surface area contributed by atoms with Gasteiger partial charge < -0.3 is 10.1 Å². The first-order chi connectivity index (χ1) is 12.9. The summed E-state index contributed by atoms with van der Waals surface area (Å²) in [5.74, 6) is -0.336. The number of thiazole rings is 1. The fourth-order valence-corrected chi connectivity index (χ4v) is 4.15. The third-order valence-corrected chi connectivity index (χ3v) is 5.42. The minimum atomic E-state index is -0.269. The molecule has 1 aromatic heterocycles. The summed E-state index contributed by atoms with van der Waals surface area (Å²) in [7, 11) is 0. The number of hydrogen-bond acceptors (Lipinski definition) is 5. The molecule has 1 aliphatic rings. The summed E-state index contributed by atoms with van der Waals surface area (Å²) in [5.41, 5.74) is 1.91. The van der Waals surface area contributed by atoms with Crippen LogP contribution in [0.4, 0.5) is 9.52 Å². The molecule has 2 heterocycles. The Bertz CT molecular complexity index is 755. The molecule has 27 heavy (non-hydrogen) atoms. The number of nitrogens with one attached hydrogen (secondary N) is 1. The molecule has 1 fully saturated rings. The van der Waals surface area contributed by atoms with E-state index in [1.165, 1.54) is 23.5 Å². The van der Waals surface area contributed by atoms with Crippen LogP contribution < -0.4 is 5.32 Å². The van der Waals surface area contributed by atoms with E-state index in [0.717, 1.165) is 30.9 Å². The number of hydrogen-bond donors (Lipinski definition) is 1. The molecule has 1 amide bonds. The number of benzene rings is 1. The van der Waals surface area contributed by atoms with E-state index in [0.29, 0.717) is 11.6 Å². The normalized spacial score (nSPS) is 21.8. The summed E-state index contributed by atoms with van der Waals surface area (Å²) in [6, 6.07) is 6.28. The van der Waals surface area contributed by atoms with Crippen LogP contribution >= 0.6 is 11.3 Å². The fraction of sp³-hybridized carbons (Fsp3) is 0.500. The van der Waals surface area contributed by atoms with Gasteiger partial charge in [-0.05, 0) is 37.5 Å². The quantitative estimate of drug-likeness (QED) is 0.808. The lowest BCUT2D eigenvalue weighted by Crippen LogP contribution is -2.44. The van der Waals surface area contributed by atoms with Gasteiger partial charge in [0.05, 0.1) is 17.9 Å². The van der Waals surface area contributed by atoms with Gasteiger partial charge in [-0.25, -0.2) is 9.37 Å². The van der Waals surface area contributed by atoms with Gasteiger partial charge in [-0.2, -0.15) is 0 Å². The molecule has 0 saturated carbocycles. The zero-order chi connectivity index (χ0) is 19.4. The minimum absolute atomic E-state index is 0.0151. The van der Waals surface area contributed by atoms with Crippen molar-refractivity contribution >= 4 is 22.4 Å². The number of nitrogens with zero attached hydrogens (tertiary/aromatic N) is 2. The molecule has 5 nitrogen and oxygen atoms in total. The highest BCUT2D eigenvalue weighted by Gasteiger charge is 2.23. The van der Waals surface area contributed by atoms with Gasteiger partial charge in [0.15, 0.2) is 5.13 Å². The lowest BCUT2D eigenvalue weighted by Gasteiger charge is -2.34.